The molecule has 0 atom stereocenters. The zero-order valence-electron chi connectivity index (χ0n) is 11.2. The highest BCUT2D eigenvalue weighted by Crippen LogP contribution is 2.26. The van der Waals surface area contributed by atoms with Gasteiger partial charge in [-0.2, -0.15) is 5.26 Å². The number of aromatic nitrogens is 2. The highest BCUT2D eigenvalue weighted by atomic mass is 32.2. The Morgan fingerprint density at radius 3 is 2.95 bits per heavy atom. The van der Waals surface area contributed by atoms with Crippen LogP contribution in [-0.4, -0.2) is 36.7 Å². The molecule has 0 saturated carbocycles. The topological polar surface area (TPSA) is 62.0 Å². The normalized spacial score (nSPS) is 10.1. The van der Waals surface area contributed by atoms with E-state index in [-0.39, 0.29) is 0 Å². The second-order valence-corrected chi connectivity index (χ2v) is 6.38. The molecule has 1 heterocycles. The molecule has 0 saturated heterocycles. The maximum Gasteiger partial charge on any atom is 0.208 e. The molecule has 2 aromatic rings. The third-order valence-electron chi connectivity index (χ3n) is 2.32. The van der Waals surface area contributed by atoms with Crippen molar-refractivity contribution in [2.75, 3.05) is 31.4 Å². The standard InChI is InChI=1S/C13H14N4OS2/c1-17(2)12-15-16-13(20-12)19-7-6-18-11-5-3-4-10(8-11)9-14/h3-5,8H,6-7H2,1-2H3. The molecule has 1 aromatic carbocycles. The molecule has 2 rings (SSSR count). The Morgan fingerprint density at radius 2 is 2.25 bits per heavy atom. The van der Waals surface area contributed by atoms with Gasteiger partial charge in [0.1, 0.15) is 5.75 Å². The van der Waals surface area contributed by atoms with Crippen molar-refractivity contribution in [3.63, 3.8) is 0 Å². The number of anilines is 1. The molecule has 0 N–H and O–H groups in total. The highest BCUT2D eigenvalue weighted by Gasteiger charge is 2.06. The number of rotatable bonds is 6. The Labute approximate surface area is 126 Å². The molecule has 0 amide bonds. The van der Waals surface area contributed by atoms with E-state index in [2.05, 4.69) is 16.3 Å². The monoisotopic (exact) mass is 306 g/mol. The molecule has 0 fully saturated rings. The van der Waals surface area contributed by atoms with E-state index in [1.165, 1.54) is 0 Å². The van der Waals surface area contributed by atoms with E-state index in [0.29, 0.717) is 12.2 Å². The third-order valence-corrected chi connectivity index (χ3v) is 4.51. The summed E-state index contributed by atoms with van der Waals surface area (Å²) in [5.41, 5.74) is 0.606. The summed E-state index contributed by atoms with van der Waals surface area (Å²) in [6.07, 6.45) is 0. The molecule has 104 valence electrons. The van der Waals surface area contributed by atoms with Crippen LogP contribution in [0.1, 0.15) is 5.56 Å². The van der Waals surface area contributed by atoms with E-state index in [1.54, 1.807) is 35.2 Å². The van der Waals surface area contributed by atoms with Crippen LogP contribution in [0.3, 0.4) is 0 Å². The third kappa shape index (κ3) is 4.11. The minimum Gasteiger partial charge on any atom is -0.493 e. The maximum absolute atomic E-state index is 8.80. The van der Waals surface area contributed by atoms with Crippen LogP contribution in [-0.2, 0) is 0 Å². The molecule has 0 spiro atoms. The second-order valence-electron chi connectivity index (χ2n) is 4.08. The first kappa shape index (κ1) is 14.6. The Bertz CT molecular complexity index is 606. The molecule has 0 aliphatic heterocycles. The van der Waals surface area contributed by atoms with Gasteiger partial charge in [-0.1, -0.05) is 29.2 Å². The molecular weight excluding hydrogens is 292 g/mol. The molecule has 0 aliphatic carbocycles. The first-order valence-electron chi connectivity index (χ1n) is 5.95. The van der Waals surface area contributed by atoms with Gasteiger partial charge >= 0.3 is 0 Å². The van der Waals surface area contributed by atoms with Crippen molar-refractivity contribution in [2.24, 2.45) is 0 Å². The minimum atomic E-state index is 0.566. The summed E-state index contributed by atoms with van der Waals surface area (Å²) in [7, 11) is 3.89. The lowest BCUT2D eigenvalue weighted by atomic mass is 10.2. The smallest absolute Gasteiger partial charge is 0.208 e. The summed E-state index contributed by atoms with van der Waals surface area (Å²) in [6.45, 7) is 0.566. The van der Waals surface area contributed by atoms with Crippen LogP contribution in [0.5, 0.6) is 5.75 Å². The number of nitrogens with zero attached hydrogens (tertiary/aromatic N) is 4. The fourth-order valence-electron chi connectivity index (χ4n) is 1.39. The summed E-state index contributed by atoms with van der Waals surface area (Å²) in [4.78, 5) is 1.94. The largest absolute Gasteiger partial charge is 0.493 e. The van der Waals surface area contributed by atoms with Crippen molar-refractivity contribution >= 4 is 28.2 Å². The average molecular weight is 306 g/mol. The molecule has 0 radical (unpaired) electrons. The van der Waals surface area contributed by atoms with Crippen molar-refractivity contribution in [2.45, 2.75) is 4.34 Å². The lowest BCUT2D eigenvalue weighted by Crippen LogP contribution is -2.07. The summed E-state index contributed by atoms with van der Waals surface area (Å²) in [5.74, 6) is 1.51. The van der Waals surface area contributed by atoms with Crippen molar-refractivity contribution in [1.29, 1.82) is 5.26 Å². The van der Waals surface area contributed by atoms with Crippen LogP contribution in [0.2, 0.25) is 0 Å². The van der Waals surface area contributed by atoms with E-state index in [4.69, 9.17) is 10.00 Å². The number of hydrogen-bond acceptors (Lipinski definition) is 7. The highest BCUT2D eigenvalue weighted by molar-refractivity contribution is 8.01. The number of nitriles is 1. The van der Waals surface area contributed by atoms with Crippen molar-refractivity contribution in [3.8, 4) is 11.8 Å². The van der Waals surface area contributed by atoms with Crippen LogP contribution < -0.4 is 9.64 Å². The van der Waals surface area contributed by atoms with Crippen LogP contribution in [0.25, 0.3) is 0 Å². The van der Waals surface area contributed by atoms with E-state index in [9.17, 15) is 0 Å². The molecule has 0 aliphatic rings. The number of ether oxygens (including phenoxy) is 1. The molecular formula is C13H14N4OS2. The van der Waals surface area contributed by atoms with Gasteiger partial charge in [0.25, 0.3) is 0 Å². The molecule has 0 bridgehead atoms. The summed E-state index contributed by atoms with van der Waals surface area (Å²) in [6, 6.07) is 9.24. The first-order valence-corrected chi connectivity index (χ1v) is 7.76. The van der Waals surface area contributed by atoms with Gasteiger partial charge in [0.15, 0.2) is 4.34 Å². The van der Waals surface area contributed by atoms with Crippen molar-refractivity contribution < 1.29 is 4.74 Å². The predicted molar refractivity (Wildman–Crippen MR) is 81.6 cm³/mol. The first-order chi connectivity index (χ1) is 9.69. The Morgan fingerprint density at radius 1 is 1.40 bits per heavy atom. The van der Waals surface area contributed by atoms with Gasteiger partial charge in [-0.25, -0.2) is 0 Å². The predicted octanol–water partition coefficient (Wildman–Crippen LogP) is 2.65. The lowest BCUT2D eigenvalue weighted by Gasteiger charge is -2.05. The van der Waals surface area contributed by atoms with Gasteiger partial charge in [-0.3, -0.25) is 0 Å². The van der Waals surface area contributed by atoms with Crippen LogP contribution in [0.4, 0.5) is 5.13 Å². The lowest BCUT2D eigenvalue weighted by molar-refractivity contribution is 0.344. The second kappa shape index (κ2) is 7.12. The fraction of sp³-hybridized carbons (Fsp3) is 0.308. The summed E-state index contributed by atoms with van der Waals surface area (Å²) >= 11 is 3.18. The quantitative estimate of drug-likeness (QED) is 0.604. The van der Waals surface area contributed by atoms with Gasteiger partial charge < -0.3 is 9.64 Å². The zero-order valence-corrected chi connectivity index (χ0v) is 12.9. The van der Waals surface area contributed by atoms with Crippen molar-refractivity contribution in [1.82, 2.24) is 10.2 Å². The Kier molecular flexibility index (Phi) is 5.21. The summed E-state index contributed by atoms with van der Waals surface area (Å²) in [5, 5.41) is 17.9. The number of thioether (sulfide) groups is 1. The molecule has 7 heteroatoms. The number of hydrogen-bond donors (Lipinski definition) is 0. The van der Waals surface area contributed by atoms with Gasteiger partial charge in [0.05, 0.1) is 18.2 Å². The van der Waals surface area contributed by atoms with E-state index >= 15 is 0 Å². The Balaban J connectivity index is 1.77. The van der Waals surface area contributed by atoms with E-state index in [0.717, 1.165) is 21.0 Å². The molecule has 5 nitrogen and oxygen atoms in total. The SMILES string of the molecule is CN(C)c1nnc(SCCOc2cccc(C#N)c2)s1. The summed E-state index contributed by atoms with van der Waals surface area (Å²) < 4.78 is 6.53. The van der Waals surface area contributed by atoms with Gasteiger partial charge in [-0.15, -0.1) is 10.2 Å². The zero-order chi connectivity index (χ0) is 14.4. The van der Waals surface area contributed by atoms with E-state index in [1.807, 2.05) is 31.1 Å². The van der Waals surface area contributed by atoms with E-state index < -0.39 is 0 Å². The molecule has 0 unspecified atom stereocenters. The maximum atomic E-state index is 8.80. The average Bonchev–Trinajstić information content (AvgIpc) is 2.93. The van der Waals surface area contributed by atoms with Crippen LogP contribution >= 0.6 is 23.1 Å². The van der Waals surface area contributed by atoms with Crippen LogP contribution in [0, 0.1) is 11.3 Å². The van der Waals surface area contributed by atoms with Gasteiger partial charge in [0.2, 0.25) is 5.13 Å². The fourth-order valence-corrected chi connectivity index (χ4v) is 3.04. The molecule has 20 heavy (non-hydrogen) atoms. The minimum absolute atomic E-state index is 0.566. The van der Waals surface area contributed by atoms with Gasteiger partial charge in [-0.05, 0) is 18.2 Å². The van der Waals surface area contributed by atoms with Crippen LogP contribution in [0.15, 0.2) is 28.6 Å². The number of benzene rings is 1. The van der Waals surface area contributed by atoms with Gasteiger partial charge in [0, 0.05) is 19.8 Å². The molecule has 1 aromatic heterocycles. The van der Waals surface area contributed by atoms with Crippen molar-refractivity contribution in [3.05, 3.63) is 29.8 Å². The Hall–Kier alpha value is -1.78.